The standard InChI is InChI=1S/C32H27ClN4O5/c1-41-27-11-24-30(34-14-21-10-18-6-2-3-7-19(18)15-36(21)32(24)40)35-31(27)42-17-28(39)37-16-20(13-33)29-23-9-5-4-8-22(23)26(38)12-25(29)37/h2-9,11-12,14,20-21,38H,10,13,15-17H2,1H3/t20-,21+/m1/s1. The molecule has 1 N–H and O–H groups in total. The number of hydrogen-bond acceptors (Lipinski definition) is 7. The molecule has 0 spiro atoms. The number of hydrogen-bond donors (Lipinski definition) is 1. The van der Waals surface area contributed by atoms with Gasteiger partial charge in [0.1, 0.15) is 5.75 Å². The van der Waals surface area contributed by atoms with Gasteiger partial charge >= 0.3 is 0 Å². The number of halogens is 1. The van der Waals surface area contributed by atoms with Crippen LogP contribution in [0.1, 0.15) is 33.0 Å². The van der Waals surface area contributed by atoms with Crippen LogP contribution in [0.5, 0.6) is 17.4 Å². The second kappa shape index (κ2) is 10.3. The second-order valence-corrected chi connectivity index (χ2v) is 10.9. The number of carbonyl (C=O) groups is 2. The third-order valence-electron chi connectivity index (χ3n) is 8.27. The van der Waals surface area contributed by atoms with Crippen LogP contribution < -0.4 is 14.4 Å². The summed E-state index contributed by atoms with van der Waals surface area (Å²) < 4.78 is 11.4. The molecule has 42 heavy (non-hydrogen) atoms. The minimum absolute atomic E-state index is 0.0624. The number of ether oxygens (including phenoxy) is 2. The van der Waals surface area contributed by atoms with Crippen molar-refractivity contribution in [3.8, 4) is 17.4 Å². The summed E-state index contributed by atoms with van der Waals surface area (Å²) in [4.78, 5) is 39.5. The Balaban J connectivity index is 1.15. The molecule has 9 nitrogen and oxygen atoms in total. The summed E-state index contributed by atoms with van der Waals surface area (Å²) in [6, 6.07) is 18.6. The van der Waals surface area contributed by atoms with Gasteiger partial charge < -0.3 is 24.4 Å². The predicted molar refractivity (Wildman–Crippen MR) is 160 cm³/mol. The van der Waals surface area contributed by atoms with E-state index in [1.54, 1.807) is 28.1 Å². The van der Waals surface area contributed by atoms with Crippen LogP contribution in [0.3, 0.4) is 0 Å². The first-order valence-electron chi connectivity index (χ1n) is 13.7. The lowest BCUT2D eigenvalue weighted by Crippen LogP contribution is -2.44. The number of alkyl halides is 1. The Morgan fingerprint density at radius 3 is 2.64 bits per heavy atom. The van der Waals surface area contributed by atoms with Crippen molar-refractivity contribution in [3.63, 3.8) is 0 Å². The first kappa shape index (κ1) is 26.3. The third kappa shape index (κ3) is 4.23. The molecule has 7 rings (SSSR count). The van der Waals surface area contributed by atoms with Gasteiger partial charge in [-0.25, -0.2) is 4.99 Å². The number of benzene rings is 3. The lowest BCUT2D eigenvalue weighted by Gasteiger charge is -2.34. The largest absolute Gasteiger partial charge is 0.507 e. The van der Waals surface area contributed by atoms with Crippen molar-refractivity contribution in [2.24, 2.45) is 4.99 Å². The monoisotopic (exact) mass is 582 g/mol. The van der Waals surface area contributed by atoms with E-state index in [0.29, 0.717) is 42.0 Å². The Morgan fingerprint density at radius 2 is 1.86 bits per heavy atom. The van der Waals surface area contributed by atoms with E-state index < -0.39 is 0 Å². The lowest BCUT2D eigenvalue weighted by molar-refractivity contribution is -0.120. The predicted octanol–water partition coefficient (Wildman–Crippen LogP) is 4.98. The van der Waals surface area contributed by atoms with E-state index >= 15 is 0 Å². The number of phenols is 1. The van der Waals surface area contributed by atoms with Gasteiger partial charge in [0.2, 0.25) is 0 Å². The number of carbonyl (C=O) groups excluding carboxylic acids is 2. The van der Waals surface area contributed by atoms with Crippen LogP contribution in [0, 0.1) is 0 Å². The fraction of sp³-hybridized carbons (Fsp3) is 0.250. The average Bonchev–Trinajstić information content (AvgIpc) is 3.34. The molecule has 0 saturated heterocycles. The molecule has 3 aliphatic rings. The van der Waals surface area contributed by atoms with Crippen LogP contribution in [0.4, 0.5) is 11.5 Å². The summed E-state index contributed by atoms with van der Waals surface area (Å²) in [5.41, 5.74) is 4.15. The Morgan fingerprint density at radius 1 is 1.10 bits per heavy atom. The van der Waals surface area contributed by atoms with Crippen LogP contribution in [-0.4, -0.2) is 65.2 Å². The molecule has 0 saturated carbocycles. The van der Waals surface area contributed by atoms with E-state index in [1.165, 1.54) is 12.7 Å². The number of phenolic OH excluding ortho intramolecular Hbond substituents is 1. The first-order chi connectivity index (χ1) is 20.5. The van der Waals surface area contributed by atoms with Gasteiger partial charge in [0.25, 0.3) is 17.7 Å². The number of aromatic hydroxyl groups is 1. The maximum atomic E-state index is 13.6. The molecule has 212 valence electrons. The smallest absolute Gasteiger partial charge is 0.265 e. The van der Waals surface area contributed by atoms with Crippen LogP contribution in [0.15, 0.2) is 65.7 Å². The molecule has 0 bridgehead atoms. The van der Waals surface area contributed by atoms with Crippen molar-refractivity contribution in [1.82, 2.24) is 9.88 Å². The molecular formula is C32H27ClN4O5. The third-order valence-corrected chi connectivity index (χ3v) is 8.64. The molecule has 4 heterocycles. The number of nitrogens with zero attached hydrogens (tertiary/aromatic N) is 4. The van der Waals surface area contributed by atoms with Crippen molar-refractivity contribution in [3.05, 3.63) is 82.9 Å². The quantitative estimate of drug-likeness (QED) is 0.333. The number of pyridine rings is 1. The summed E-state index contributed by atoms with van der Waals surface area (Å²) in [6.45, 7) is 0.499. The van der Waals surface area contributed by atoms with Crippen LogP contribution in [0.2, 0.25) is 0 Å². The van der Waals surface area contributed by atoms with E-state index in [-0.39, 0.29) is 53.6 Å². The van der Waals surface area contributed by atoms with Gasteiger partial charge in [0, 0.05) is 48.6 Å². The zero-order chi connectivity index (χ0) is 29.0. The van der Waals surface area contributed by atoms with Gasteiger partial charge in [-0.15, -0.1) is 11.6 Å². The van der Waals surface area contributed by atoms with E-state index in [2.05, 4.69) is 16.0 Å². The Labute approximate surface area is 247 Å². The number of fused-ring (bicyclic) bond motifs is 6. The van der Waals surface area contributed by atoms with E-state index in [9.17, 15) is 14.7 Å². The normalized spacial score (nSPS) is 18.7. The highest BCUT2D eigenvalue weighted by Gasteiger charge is 2.36. The minimum atomic E-state index is -0.341. The fourth-order valence-corrected chi connectivity index (χ4v) is 6.44. The molecule has 2 atom stereocenters. The maximum Gasteiger partial charge on any atom is 0.265 e. The van der Waals surface area contributed by atoms with Crippen LogP contribution in [0.25, 0.3) is 10.8 Å². The molecular weight excluding hydrogens is 556 g/mol. The molecule has 0 radical (unpaired) electrons. The first-order valence-corrected chi connectivity index (χ1v) is 14.2. The molecule has 0 unspecified atom stereocenters. The topological polar surface area (TPSA) is 105 Å². The molecule has 4 aromatic rings. The van der Waals surface area contributed by atoms with Gasteiger partial charge in [-0.3, -0.25) is 9.59 Å². The van der Waals surface area contributed by atoms with Crippen molar-refractivity contribution < 1.29 is 24.2 Å². The number of methoxy groups -OCH3 is 1. The zero-order valence-corrected chi connectivity index (χ0v) is 23.5. The van der Waals surface area contributed by atoms with Crippen molar-refractivity contribution in [2.75, 3.05) is 31.0 Å². The van der Waals surface area contributed by atoms with Crippen LogP contribution in [-0.2, 0) is 17.8 Å². The second-order valence-electron chi connectivity index (χ2n) is 10.6. The van der Waals surface area contributed by atoms with Crippen molar-refractivity contribution in [1.29, 1.82) is 0 Å². The number of aliphatic imine (C=N–C) groups is 1. The number of amides is 2. The number of aromatic nitrogens is 1. The average molecular weight is 583 g/mol. The molecule has 1 aromatic heterocycles. The van der Waals surface area contributed by atoms with Gasteiger partial charge in [0.15, 0.2) is 18.2 Å². The molecule has 10 heteroatoms. The summed E-state index contributed by atoms with van der Waals surface area (Å²) >= 11 is 6.32. The SMILES string of the molecule is COc1cc2c(nc1OCC(=O)N1C[C@@H](CCl)c3c1cc(O)c1ccccc31)N=C[C@@H]1Cc3ccccc3CN1C2=O. The highest BCUT2D eigenvalue weighted by Crippen LogP contribution is 2.45. The summed E-state index contributed by atoms with van der Waals surface area (Å²) in [7, 11) is 1.46. The molecule has 2 amide bonds. The molecule has 3 aliphatic heterocycles. The van der Waals surface area contributed by atoms with Crippen LogP contribution >= 0.6 is 11.6 Å². The minimum Gasteiger partial charge on any atom is -0.507 e. The van der Waals surface area contributed by atoms with E-state index in [0.717, 1.165) is 16.5 Å². The van der Waals surface area contributed by atoms with Gasteiger partial charge in [-0.05, 0) is 28.5 Å². The Hall–Kier alpha value is -4.63. The Bertz CT molecular complexity index is 1790. The van der Waals surface area contributed by atoms with Gasteiger partial charge in [0.05, 0.1) is 24.4 Å². The maximum absolute atomic E-state index is 13.6. The lowest BCUT2D eigenvalue weighted by atomic mass is 9.94. The zero-order valence-electron chi connectivity index (χ0n) is 22.8. The number of anilines is 1. The molecule has 0 fully saturated rings. The molecule has 0 aliphatic carbocycles. The van der Waals surface area contributed by atoms with Crippen molar-refractivity contribution in [2.45, 2.75) is 24.9 Å². The Kier molecular flexibility index (Phi) is 6.46. The van der Waals surface area contributed by atoms with Gasteiger partial charge in [-0.2, -0.15) is 4.98 Å². The van der Waals surface area contributed by atoms with Gasteiger partial charge in [-0.1, -0.05) is 48.5 Å². The fourth-order valence-electron chi connectivity index (χ4n) is 6.19. The summed E-state index contributed by atoms with van der Waals surface area (Å²) in [6.07, 6.45) is 2.41. The van der Waals surface area contributed by atoms with E-state index in [4.69, 9.17) is 21.1 Å². The number of rotatable bonds is 5. The van der Waals surface area contributed by atoms with E-state index in [1.807, 2.05) is 42.5 Å². The highest BCUT2D eigenvalue weighted by atomic mass is 35.5. The molecule has 3 aromatic carbocycles. The summed E-state index contributed by atoms with van der Waals surface area (Å²) in [5.74, 6) is 0.303. The summed E-state index contributed by atoms with van der Waals surface area (Å²) in [5, 5.41) is 12.3. The highest BCUT2D eigenvalue weighted by molar-refractivity contribution is 6.19. The van der Waals surface area contributed by atoms with Crippen molar-refractivity contribution >= 4 is 51.9 Å².